The molecule has 0 N–H and O–H groups in total. The van der Waals surface area contributed by atoms with Gasteiger partial charge in [-0.25, -0.2) is 14.4 Å². The molecule has 1 aromatic carbocycles. The van der Waals surface area contributed by atoms with Crippen LogP contribution in [0, 0.1) is 5.82 Å². The average molecular weight is 333 g/mol. The van der Waals surface area contributed by atoms with Gasteiger partial charge in [0.25, 0.3) is 0 Å². The van der Waals surface area contributed by atoms with Gasteiger partial charge in [-0.2, -0.15) is 0 Å². The van der Waals surface area contributed by atoms with Crippen molar-refractivity contribution in [2.45, 2.75) is 18.8 Å². The molecule has 0 amide bonds. The van der Waals surface area contributed by atoms with Gasteiger partial charge in [-0.3, -0.25) is 0 Å². The summed E-state index contributed by atoms with van der Waals surface area (Å²) < 4.78 is 20.0. The van der Waals surface area contributed by atoms with Crippen LogP contribution in [-0.4, -0.2) is 9.97 Å². The molecule has 0 atom stereocenters. The van der Waals surface area contributed by atoms with Crippen molar-refractivity contribution < 1.29 is 8.81 Å². The Hall–Kier alpha value is -1.75. The lowest BCUT2D eigenvalue weighted by atomic mass is 10.2. The number of benzene rings is 1. The third kappa shape index (κ3) is 2.02. The van der Waals surface area contributed by atoms with Crippen LogP contribution in [0.2, 0.25) is 0 Å². The van der Waals surface area contributed by atoms with Gasteiger partial charge in [-0.05, 0) is 40.9 Å². The van der Waals surface area contributed by atoms with E-state index in [9.17, 15) is 4.39 Å². The largest absolute Gasteiger partial charge is 0.451 e. The summed E-state index contributed by atoms with van der Waals surface area (Å²) in [6.07, 6.45) is 2.26. The Morgan fingerprint density at radius 1 is 1.20 bits per heavy atom. The van der Waals surface area contributed by atoms with Crippen LogP contribution in [0.15, 0.2) is 39.4 Å². The molecule has 1 fully saturated rings. The molecule has 0 spiro atoms. The lowest BCUT2D eigenvalue weighted by molar-refractivity contribution is 0.567. The first kappa shape index (κ1) is 12.0. The lowest BCUT2D eigenvalue weighted by Crippen LogP contribution is -1.94. The molecular formula is C15H10BrFN2O. The van der Waals surface area contributed by atoms with Crippen LogP contribution in [0.1, 0.15) is 24.6 Å². The fraction of sp³-hybridized carbons (Fsp3) is 0.200. The Morgan fingerprint density at radius 2 is 2.05 bits per heavy atom. The summed E-state index contributed by atoms with van der Waals surface area (Å²) >= 11 is 3.40. The van der Waals surface area contributed by atoms with Crippen LogP contribution in [-0.2, 0) is 0 Å². The second kappa shape index (κ2) is 4.38. The Bertz CT molecular complexity index is 811. The Labute approximate surface area is 123 Å². The highest BCUT2D eigenvalue weighted by atomic mass is 79.9. The third-order valence-electron chi connectivity index (χ3n) is 3.40. The Morgan fingerprint density at radius 3 is 2.80 bits per heavy atom. The fourth-order valence-electron chi connectivity index (χ4n) is 2.24. The molecule has 20 heavy (non-hydrogen) atoms. The molecule has 0 bridgehead atoms. The lowest BCUT2D eigenvalue weighted by Gasteiger charge is -2.01. The normalized spacial score (nSPS) is 14.9. The predicted molar refractivity (Wildman–Crippen MR) is 76.9 cm³/mol. The zero-order valence-electron chi connectivity index (χ0n) is 10.4. The Kier molecular flexibility index (Phi) is 2.63. The summed E-state index contributed by atoms with van der Waals surface area (Å²) in [5, 5.41) is 0.739. The number of fused-ring (bicyclic) bond motifs is 1. The maximum absolute atomic E-state index is 13.7. The third-order valence-corrected chi connectivity index (χ3v) is 3.81. The average Bonchev–Trinajstić information content (AvgIpc) is 3.18. The molecule has 1 saturated carbocycles. The molecule has 2 heterocycles. The van der Waals surface area contributed by atoms with E-state index >= 15 is 0 Å². The monoisotopic (exact) mass is 332 g/mol. The number of hydrogen-bond donors (Lipinski definition) is 0. The van der Waals surface area contributed by atoms with Gasteiger partial charge in [0.15, 0.2) is 17.2 Å². The van der Waals surface area contributed by atoms with Crippen LogP contribution in [0.25, 0.3) is 22.4 Å². The van der Waals surface area contributed by atoms with E-state index in [2.05, 4.69) is 25.9 Å². The van der Waals surface area contributed by atoms with E-state index in [0.29, 0.717) is 17.4 Å². The maximum atomic E-state index is 13.7. The highest BCUT2D eigenvalue weighted by Crippen LogP contribution is 2.39. The molecule has 0 radical (unpaired) electrons. The van der Waals surface area contributed by atoms with Crippen molar-refractivity contribution in [3.63, 3.8) is 0 Å². The molecule has 1 aliphatic rings. The minimum atomic E-state index is -0.357. The van der Waals surface area contributed by atoms with Gasteiger partial charge in [0.1, 0.15) is 16.1 Å². The summed E-state index contributed by atoms with van der Waals surface area (Å²) in [6, 6.07) is 8.48. The molecular weight excluding hydrogens is 323 g/mol. The molecule has 3 aromatic rings. The quantitative estimate of drug-likeness (QED) is 0.640. The van der Waals surface area contributed by atoms with Gasteiger partial charge >= 0.3 is 0 Å². The topological polar surface area (TPSA) is 38.9 Å². The van der Waals surface area contributed by atoms with E-state index in [4.69, 9.17) is 4.42 Å². The van der Waals surface area contributed by atoms with Crippen LogP contribution in [0.3, 0.4) is 0 Å². The minimum Gasteiger partial charge on any atom is -0.451 e. The van der Waals surface area contributed by atoms with Crippen LogP contribution in [0.5, 0.6) is 0 Å². The molecule has 0 aliphatic heterocycles. The zero-order valence-corrected chi connectivity index (χ0v) is 12.0. The molecule has 1 aliphatic carbocycles. The summed E-state index contributed by atoms with van der Waals surface area (Å²) in [5.41, 5.74) is 0.953. The first-order valence-corrected chi connectivity index (χ1v) is 7.23. The van der Waals surface area contributed by atoms with Crippen molar-refractivity contribution in [2.24, 2.45) is 0 Å². The highest BCUT2D eigenvalue weighted by molar-refractivity contribution is 9.10. The van der Waals surface area contributed by atoms with Gasteiger partial charge in [-0.1, -0.05) is 12.1 Å². The van der Waals surface area contributed by atoms with E-state index in [-0.39, 0.29) is 11.4 Å². The number of rotatable bonds is 2. The number of hydrogen-bond acceptors (Lipinski definition) is 3. The summed E-state index contributed by atoms with van der Waals surface area (Å²) in [6.45, 7) is 0. The molecule has 0 unspecified atom stereocenters. The number of para-hydroxylation sites is 1. The smallest absolute Gasteiger partial charge is 0.170 e. The fourth-order valence-corrected chi connectivity index (χ4v) is 2.64. The van der Waals surface area contributed by atoms with Crippen molar-refractivity contribution >= 4 is 26.9 Å². The SMILES string of the molecule is Fc1cccc2cc(-c3cc(Br)nc(C4CC4)n3)oc12. The van der Waals surface area contributed by atoms with Gasteiger partial charge < -0.3 is 4.42 Å². The molecule has 2 aromatic heterocycles. The first-order valence-electron chi connectivity index (χ1n) is 6.43. The number of halogens is 2. The van der Waals surface area contributed by atoms with Crippen molar-refractivity contribution in [1.29, 1.82) is 0 Å². The standard InChI is InChI=1S/C15H10BrFN2O/c16-13-7-11(18-15(19-13)8-4-5-8)12-6-9-2-1-3-10(17)14(9)20-12/h1-3,6-8H,4-5H2. The first-order chi connectivity index (χ1) is 9.70. The minimum absolute atomic E-state index is 0.269. The van der Waals surface area contributed by atoms with Crippen molar-refractivity contribution in [2.75, 3.05) is 0 Å². The molecule has 5 heteroatoms. The van der Waals surface area contributed by atoms with Crippen molar-refractivity contribution in [1.82, 2.24) is 9.97 Å². The summed E-state index contributed by atoms with van der Waals surface area (Å²) in [4.78, 5) is 8.92. The van der Waals surface area contributed by atoms with E-state index < -0.39 is 0 Å². The molecule has 4 rings (SSSR count). The van der Waals surface area contributed by atoms with Gasteiger partial charge in [0.2, 0.25) is 0 Å². The molecule has 3 nitrogen and oxygen atoms in total. The van der Waals surface area contributed by atoms with Crippen molar-refractivity contribution in [3.05, 3.63) is 46.6 Å². The zero-order chi connectivity index (χ0) is 13.7. The van der Waals surface area contributed by atoms with E-state index in [1.807, 2.05) is 12.1 Å². The van der Waals surface area contributed by atoms with E-state index in [1.165, 1.54) is 6.07 Å². The summed E-state index contributed by atoms with van der Waals surface area (Å²) in [7, 11) is 0. The van der Waals surface area contributed by atoms with Gasteiger partial charge in [-0.15, -0.1) is 0 Å². The number of aromatic nitrogens is 2. The van der Waals surface area contributed by atoms with Gasteiger partial charge in [0, 0.05) is 17.4 Å². The predicted octanol–water partition coefficient (Wildman–Crippen LogP) is 4.67. The maximum Gasteiger partial charge on any atom is 0.170 e. The Balaban J connectivity index is 1.87. The van der Waals surface area contributed by atoms with Crippen LogP contribution >= 0.6 is 15.9 Å². The molecule has 100 valence electrons. The highest BCUT2D eigenvalue weighted by Gasteiger charge is 2.27. The van der Waals surface area contributed by atoms with E-state index in [0.717, 1.165) is 28.7 Å². The molecule has 0 saturated heterocycles. The summed E-state index contributed by atoms with van der Waals surface area (Å²) in [5.74, 6) is 1.49. The van der Waals surface area contributed by atoms with Crippen LogP contribution in [0.4, 0.5) is 4.39 Å². The number of nitrogens with zero attached hydrogens (tertiary/aromatic N) is 2. The van der Waals surface area contributed by atoms with Crippen molar-refractivity contribution in [3.8, 4) is 11.5 Å². The van der Waals surface area contributed by atoms with Gasteiger partial charge in [0.05, 0.1) is 0 Å². The van der Waals surface area contributed by atoms with E-state index in [1.54, 1.807) is 12.1 Å². The second-order valence-electron chi connectivity index (χ2n) is 4.98. The second-order valence-corrected chi connectivity index (χ2v) is 5.79. The van der Waals surface area contributed by atoms with Crippen LogP contribution < -0.4 is 0 Å². The number of furan rings is 1.